The molecule has 1 amide bonds. The normalized spacial score (nSPS) is 15.1. The zero-order valence-electron chi connectivity index (χ0n) is 15.6. The van der Waals surface area contributed by atoms with Crippen LogP contribution in [0.1, 0.15) is 34.9 Å². The molecule has 1 N–H and O–H groups in total. The molecule has 0 spiro atoms. The molecule has 0 atom stereocenters. The molecular formula is C20H23N5O2. The van der Waals surface area contributed by atoms with E-state index in [1.165, 1.54) is 5.69 Å². The number of aromatic amines is 1. The Balaban J connectivity index is 1.45. The SMILES string of the molecule is COc1ccccc1-c1cc(C(=O)N2CCC(c3cncn3C)CC2)[nH]n1. The number of aryl methyl sites for hydroxylation is 1. The Labute approximate surface area is 158 Å². The van der Waals surface area contributed by atoms with E-state index in [4.69, 9.17) is 4.74 Å². The first-order valence-electron chi connectivity index (χ1n) is 9.11. The first-order chi connectivity index (χ1) is 13.2. The van der Waals surface area contributed by atoms with Crippen molar-refractivity contribution >= 4 is 5.91 Å². The predicted molar refractivity (Wildman–Crippen MR) is 102 cm³/mol. The number of likely N-dealkylation sites (tertiary alicyclic amines) is 1. The van der Waals surface area contributed by atoms with Crippen LogP contribution >= 0.6 is 0 Å². The molecule has 0 saturated carbocycles. The van der Waals surface area contributed by atoms with Crippen molar-refractivity contribution in [2.75, 3.05) is 20.2 Å². The van der Waals surface area contributed by atoms with E-state index in [1.807, 2.05) is 48.7 Å². The van der Waals surface area contributed by atoms with Crippen LogP contribution in [0.15, 0.2) is 42.9 Å². The molecular weight excluding hydrogens is 342 g/mol. The largest absolute Gasteiger partial charge is 0.496 e. The van der Waals surface area contributed by atoms with E-state index in [2.05, 4.69) is 19.7 Å². The molecule has 4 rings (SSSR count). The Morgan fingerprint density at radius 2 is 2.04 bits per heavy atom. The van der Waals surface area contributed by atoms with Crippen LogP contribution in [0.5, 0.6) is 5.75 Å². The molecule has 3 aromatic rings. The van der Waals surface area contributed by atoms with Gasteiger partial charge in [0.1, 0.15) is 11.4 Å². The molecule has 1 fully saturated rings. The average molecular weight is 365 g/mol. The lowest BCUT2D eigenvalue weighted by Crippen LogP contribution is -2.38. The van der Waals surface area contributed by atoms with Crippen molar-refractivity contribution in [3.05, 3.63) is 54.2 Å². The number of amides is 1. The van der Waals surface area contributed by atoms with Crippen molar-refractivity contribution in [3.8, 4) is 17.0 Å². The summed E-state index contributed by atoms with van der Waals surface area (Å²) in [5.41, 5.74) is 3.32. The lowest BCUT2D eigenvalue weighted by molar-refractivity contribution is 0.0705. The van der Waals surface area contributed by atoms with Gasteiger partial charge in [-0.3, -0.25) is 9.89 Å². The third-order valence-electron chi connectivity index (χ3n) is 5.25. The van der Waals surface area contributed by atoms with Crippen LogP contribution in [0.2, 0.25) is 0 Å². The average Bonchev–Trinajstić information content (AvgIpc) is 3.37. The minimum atomic E-state index is -0.00731. The summed E-state index contributed by atoms with van der Waals surface area (Å²) in [6.45, 7) is 1.47. The summed E-state index contributed by atoms with van der Waals surface area (Å²) in [5.74, 6) is 1.18. The highest BCUT2D eigenvalue weighted by Gasteiger charge is 2.27. The fraction of sp³-hybridized carbons (Fsp3) is 0.350. The van der Waals surface area contributed by atoms with Gasteiger partial charge in [0.2, 0.25) is 0 Å². The predicted octanol–water partition coefficient (Wildman–Crippen LogP) is 2.84. The smallest absolute Gasteiger partial charge is 0.271 e. The second-order valence-electron chi connectivity index (χ2n) is 6.86. The standard InChI is InChI=1S/C20H23N5O2/c1-24-13-21-12-18(24)14-7-9-25(10-8-14)20(26)17-11-16(22-23-17)15-5-3-4-6-19(15)27-2/h3-6,11-14H,7-10H2,1-2H3,(H,22,23). The van der Waals surface area contributed by atoms with Gasteiger partial charge in [-0.05, 0) is 31.0 Å². The number of H-pyrrole nitrogens is 1. The maximum Gasteiger partial charge on any atom is 0.271 e. The van der Waals surface area contributed by atoms with Crippen LogP contribution in [-0.4, -0.2) is 50.8 Å². The van der Waals surface area contributed by atoms with E-state index in [-0.39, 0.29) is 5.91 Å². The zero-order valence-corrected chi connectivity index (χ0v) is 15.6. The molecule has 7 heteroatoms. The van der Waals surface area contributed by atoms with Gasteiger partial charge >= 0.3 is 0 Å². The first kappa shape index (κ1) is 17.3. The number of hydrogen-bond acceptors (Lipinski definition) is 4. The second kappa shape index (κ2) is 7.26. The number of rotatable bonds is 4. The Morgan fingerprint density at radius 3 is 2.74 bits per heavy atom. The summed E-state index contributed by atoms with van der Waals surface area (Å²) in [6, 6.07) is 9.45. The van der Waals surface area contributed by atoms with Gasteiger partial charge in [-0.15, -0.1) is 0 Å². The monoisotopic (exact) mass is 365 g/mol. The summed E-state index contributed by atoms with van der Waals surface area (Å²) in [7, 11) is 3.65. The van der Waals surface area contributed by atoms with Gasteiger partial charge in [-0.25, -0.2) is 4.98 Å². The summed E-state index contributed by atoms with van der Waals surface area (Å²) in [6.07, 6.45) is 5.64. The number of aromatic nitrogens is 4. The van der Waals surface area contributed by atoms with Crippen molar-refractivity contribution in [2.45, 2.75) is 18.8 Å². The molecule has 7 nitrogen and oxygen atoms in total. The number of methoxy groups -OCH3 is 1. The molecule has 2 aromatic heterocycles. The molecule has 0 bridgehead atoms. The lowest BCUT2D eigenvalue weighted by Gasteiger charge is -2.31. The summed E-state index contributed by atoms with van der Waals surface area (Å²) in [5, 5.41) is 7.20. The van der Waals surface area contributed by atoms with E-state index in [1.54, 1.807) is 13.2 Å². The number of nitrogens with one attached hydrogen (secondary N) is 1. The fourth-order valence-electron chi connectivity index (χ4n) is 3.74. The van der Waals surface area contributed by atoms with Crippen molar-refractivity contribution in [1.82, 2.24) is 24.6 Å². The van der Waals surface area contributed by atoms with Gasteiger partial charge in [-0.1, -0.05) is 12.1 Å². The summed E-state index contributed by atoms with van der Waals surface area (Å²) >= 11 is 0. The highest BCUT2D eigenvalue weighted by atomic mass is 16.5. The van der Waals surface area contributed by atoms with Crippen LogP contribution in [-0.2, 0) is 7.05 Å². The number of nitrogens with zero attached hydrogens (tertiary/aromatic N) is 4. The summed E-state index contributed by atoms with van der Waals surface area (Å²) < 4.78 is 7.45. The van der Waals surface area contributed by atoms with Gasteiger partial charge in [0.15, 0.2) is 0 Å². The highest BCUT2D eigenvalue weighted by Crippen LogP contribution is 2.30. The van der Waals surface area contributed by atoms with Crippen LogP contribution in [0.3, 0.4) is 0 Å². The van der Waals surface area contributed by atoms with E-state index < -0.39 is 0 Å². The molecule has 1 saturated heterocycles. The fourth-order valence-corrected chi connectivity index (χ4v) is 3.74. The Bertz CT molecular complexity index is 937. The summed E-state index contributed by atoms with van der Waals surface area (Å²) in [4.78, 5) is 19.0. The van der Waals surface area contributed by atoms with Crippen LogP contribution in [0, 0.1) is 0 Å². The van der Waals surface area contributed by atoms with Crippen molar-refractivity contribution in [2.24, 2.45) is 7.05 Å². The van der Waals surface area contributed by atoms with Crippen molar-refractivity contribution in [3.63, 3.8) is 0 Å². The molecule has 3 heterocycles. The lowest BCUT2D eigenvalue weighted by atomic mass is 9.93. The third kappa shape index (κ3) is 3.32. The Kier molecular flexibility index (Phi) is 4.66. The second-order valence-corrected chi connectivity index (χ2v) is 6.86. The Morgan fingerprint density at radius 1 is 1.26 bits per heavy atom. The first-order valence-corrected chi connectivity index (χ1v) is 9.11. The molecule has 0 unspecified atom stereocenters. The van der Waals surface area contributed by atoms with Crippen LogP contribution in [0.25, 0.3) is 11.3 Å². The number of imidazole rings is 1. The Hall–Kier alpha value is -3.09. The van der Waals surface area contributed by atoms with Gasteiger partial charge in [0.05, 0.1) is 19.1 Å². The van der Waals surface area contributed by atoms with E-state index in [0.29, 0.717) is 17.3 Å². The highest BCUT2D eigenvalue weighted by molar-refractivity contribution is 5.93. The van der Waals surface area contributed by atoms with E-state index in [0.717, 1.165) is 37.2 Å². The molecule has 140 valence electrons. The molecule has 1 aromatic carbocycles. The van der Waals surface area contributed by atoms with E-state index in [9.17, 15) is 4.79 Å². The number of ether oxygens (including phenoxy) is 1. The number of piperidine rings is 1. The van der Waals surface area contributed by atoms with Crippen molar-refractivity contribution in [1.29, 1.82) is 0 Å². The minimum Gasteiger partial charge on any atom is -0.496 e. The number of carbonyl (C=O) groups excluding carboxylic acids is 1. The molecule has 0 radical (unpaired) electrons. The molecule has 27 heavy (non-hydrogen) atoms. The number of benzene rings is 1. The third-order valence-corrected chi connectivity index (χ3v) is 5.25. The van der Waals surface area contributed by atoms with Gasteiger partial charge in [-0.2, -0.15) is 5.10 Å². The van der Waals surface area contributed by atoms with Crippen molar-refractivity contribution < 1.29 is 9.53 Å². The number of para-hydroxylation sites is 1. The minimum absolute atomic E-state index is 0.00731. The maximum atomic E-state index is 12.9. The number of carbonyl (C=O) groups is 1. The maximum absolute atomic E-state index is 12.9. The zero-order chi connectivity index (χ0) is 18.8. The molecule has 1 aliphatic heterocycles. The van der Waals surface area contributed by atoms with E-state index >= 15 is 0 Å². The topological polar surface area (TPSA) is 76.0 Å². The van der Waals surface area contributed by atoms with Gasteiger partial charge in [0, 0.05) is 43.5 Å². The van der Waals surface area contributed by atoms with Crippen LogP contribution < -0.4 is 4.74 Å². The van der Waals surface area contributed by atoms with Gasteiger partial charge < -0.3 is 14.2 Å². The quantitative estimate of drug-likeness (QED) is 0.771. The van der Waals surface area contributed by atoms with Gasteiger partial charge in [0.25, 0.3) is 5.91 Å². The molecule has 1 aliphatic rings. The van der Waals surface area contributed by atoms with Crippen LogP contribution in [0.4, 0.5) is 0 Å². The molecule has 0 aliphatic carbocycles. The number of hydrogen-bond donors (Lipinski definition) is 1.